The third-order valence-electron chi connectivity index (χ3n) is 2.76. The summed E-state index contributed by atoms with van der Waals surface area (Å²) in [5.41, 5.74) is 1.11. The molecule has 5 heteroatoms. The Morgan fingerprint density at radius 2 is 1.95 bits per heavy atom. The van der Waals surface area contributed by atoms with E-state index in [0.717, 1.165) is 17.4 Å². The lowest BCUT2D eigenvalue weighted by Crippen LogP contribution is -2.07. The van der Waals surface area contributed by atoms with Crippen LogP contribution in [0.4, 0.5) is 10.1 Å². The van der Waals surface area contributed by atoms with Gasteiger partial charge in [-0.05, 0) is 35.9 Å². The molecule has 2 aromatic rings. The van der Waals surface area contributed by atoms with Crippen molar-refractivity contribution in [2.45, 2.75) is 0 Å². The van der Waals surface area contributed by atoms with E-state index in [1.165, 1.54) is 18.2 Å². The molecule has 0 saturated carbocycles. The summed E-state index contributed by atoms with van der Waals surface area (Å²) in [7, 11) is 1.58. The number of carbonyl (C=O) groups is 1. The molecule has 0 fully saturated rings. The van der Waals surface area contributed by atoms with Crippen LogP contribution in [-0.2, 0) is 4.79 Å². The summed E-state index contributed by atoms with van der Waals surface area (Å²) in [5.74, 6) is -0.902. The molecule has 2 rings (SSSR count). The predicted octanol–water partition coefficient (Wildman–Crippen LogP) is 3.19. The van der Waals surface area contributed by atoms with Gasteiger partial charge in [-0.1, -0.05) is 12.1 Å². The Hall–Kier alpha value is -2.82. The first-order valence-corrected chi connectivity index (χ1v) is 6.20. The van der Waals surface area contributed by atoms with Crippen LogP contribution in [0, 0.1) is 5.82 Å². The lowest BCUT2D eigenvalue weighted by Gasteiger charge is -2.03. The van der Waals surface area contributed by atoms with Gasteiger partial charge in [0.15, 0.2) is 11.6 Å². The van der Waals surface area contributed by atoms with Crippen molar-refractivity contribution >= 4 is 17.7 Å². The van der Waals surface area contributed by atoms with Gasteiger partial charge in [0, 0.05) is 17.8 Å². The van der Waals surface area contributed by atoms with Crippen molar-refractivity contribution in [2.75, 3.05) is 12.4 Å². The number of rotatable bonds is 4. The minimum Gasteiger partial charge on any atom is -0.505 e. The molecule has 1 amide bonds. The van der Waals surface area contributed by atoms with Crippen LogP contribution in [0.3, 0.4) is 0 Å². The molecule has 0 spiro atoms. The Balaban J connectivity index is 1.99. The molecule has 0 atom stereocenters. The van der Waals surface area contributed by atoms with Crippen LogP contribution < -0.4 is 10.1 Å². The van der Waals surface area contributed by atoms with Crippen LogP contribution in [0.25, 0.3) is 6.08 Å². The molecule has 2 N–H and O–H groups in total. The molecule has 4 nitrogen and oxygen atoms in total. The van der Waals surface area contributed by atoms with Gasteiger partial charge in [-0.15, -0.1) is 0 Å². The average Bonchev–Trinajstić information content (AvgIpc) is 2.49. The molecule has 0 radical (unpaired) electrons. The molecule has 0 bridgehead atoms. The molecule has 0 heterocycles. The van der Waals surface area contributed by atoms with E-state index in [9.17, 15) is 9.18 Å². The second-order valence-electron chi connectivity index (χ2n) is 4.26. The molecule has 0 saturated heterocycles. The summed E-state index contributed by atoms with van der Waals surface area (Å²) < 4.78 is 18.2. The van der Waals surface area contributed by atoms with Crippen LogP contribution in [-0.4, -0.2) is 18.1 Å². The number of halogens is 1. The van der Waals surface area contributed by atoms with Gasteiger partial charge >= 0.3 is 0 Å². The molecule has 0 aliphatic carbocycles. The van der Waals surface area contributed by atoms with E-state index in [1.54, 1.807) is 25.3 Å². The number of hydrogen-bond donors (Lipinski definition) is 2. The fraction of sp³-hybridized carbons (Fsp3) is 0.0625. The first-order valence-electron chi connectivity index (χ1n) is 6.20. The second kappa shape index (κ2) is 6.56. The smallest absolute Gasteiger partial charge is 0.248 e. The Kier molecular flexibility index (Phi) is 4.56. The summed E-state index contributed by atoms with van der Waals surface area (Å²) in [4.78, 5) is 11.7. The van der Waals surface area contributed by atoms with Crippen LogP contribution in [0.5, 0.6) is 11.5 Å². The first-order chi connectivity index (χ1) is 10.1. The standard InChI is InChI=1S/C16H14FNO3/c1-21-13-6-2-11(3-7-13)4-9-16(20)18-12-5-8-15(19)14(17)10-12/h2-10,19H,1H3,(H,18,20). The fourth-order valence-corrected chi connectivity index (χ4v) is 1.66. The van der Waals surface area contributed by atoms with Crippen molar-refractivity contribution < 1.29 is 19.0 Å². The number of hydrogen-bond acceptors (Lipinski definition) is 3. The summed E-state index contributed by atoms with van der Waals surface area (Å²) in [6.45, 7) is 0. The van der Waals surface area contributed by atoms with Crippen molar-refractivity contribution in [3.05, 3.63) is 59.9 Å². The topological polar surface area (TPSA) is 58.6 Å². The lowest BCUT2D eigenvalue weighted by molar-refractivity contribution is -0.111. The maximum atomic E-state index is 13.1. The number of amides is 1. The van der Waals surface area contributed by atoms with Gasteiger partial charge in [-0.3, -0.25) is 4.79 Å². The third kappa shape index (κ3) is 4.07. The van der Waals surface area contributed by atoms with Crippen molar-refractivity contribution in [2.24, 2.45) is 0 Å². The minimum atomic E-state index is -0.785. The first kappa shape index (κ1) is 14.6. The van der Waals surface area contributed by atoms with Crippen LogP contribution >= 0.6 is 0 Å². The highest BCUT2D eigenvalue weighted by atomic mass is 19.1. The number of methoxy groups -OCH3 is 1. The van der Waals surface area contributed by atoms with Gasteiger partial charge in [0.2, 0.25) is 5.91 Å². The molecule has 0 aromatic heterocycles. The quantitative estimate of drug-likeness (QED) is 0.670. The number of carbonyl (C=O) groups excluding carboxylic acids is 1. The molecular formula is C16H14FNO3. The monoisotopic (exact) mass is 287 g/mol. The number of aromatic hydroxyl groups is 1. The van der Waals surface area contributed by atoms with Gasteiger partial charge < -0.3 is 15.2 Å². The van der Waals surface area contributed by atoms with E-state index < -0.39 is 17.5 Å². The fourth-order valence-electron chi connectivity index (χ4n) is 1.66. The lowest BCUT2D eigenvalue weighted by atomic mass is 10.2. The van der Waals surface area contributed by atoms with Crippen molar-refractivity contribution in [3.63, 3.8) is 0 Å². The average molecular weight is 287 g/mol. The van der Waals surface area contributed by atoms with Gasteiger partial charge in [0.05, 0.1) is 7.11 Å². The number of ether oxygens (including phenoxy) is 1. The molecule has 2 aromatic carbocycles. The largest absolute Gasteiger partial charge is 0.505 e. The van der Waals surface area contributed by atoms with E-state index in [-0.39, 0.29) is 5.69 Å². The Bertz CT molecular complexity index is 666. The maximum Gasteiger partial charge on any atom is 0.248 e. The van der Waals surface area contributed by atoms with Gasteiger partial charge in [0.25, 0.3) is 0 Å². The summed E-state index contributed by atoms with van der Waals surface area (Å²) in [6.07, 6.45) is 2.97. The zero-order chi connectivity index (χ0) is 15.2. The highest BCUT2D eigenvalue weighted by molar-refractivity contribution is 6.01. The zero-order valence-electron chi connectivity index (χ0n) is 11.3. The molecule has 0 aliphatic heterocycles. The molecule has 0 aliphatic rings. The van der Waals surface area contributed by atoms with Crippen LogP contribution in [0.1, 0.15) is 5.56 Å². The van der Waals surface area contributed by atoms with Crippen molar-refractivity contribution in [1.29, 1.82) is 0 Å². The number of anilines is 1. The van der Waals surface area contributed by atoms with E-state index in [2.05, 4.69) is 5.32 Å². The number of benzene rings is 2. The van der Waals surface area contributed by atoms with E-state index >= 15 is 0 Å². The number of phenols is 1. The molecule has 0 unspecified atom stereocenters. The normalized spacial score (nSPS) is 10.6. The summed E-state index contributed by atoms with van der Waals surface area (Å²) >= 11 is 0. The number of nitrogens with one attached hydrogen (secondary N) is 1. The number of phenolic OH excluding ortho intramolecular Hbond substituents is 1. The van der Waals surface area contributed by atoms with Gasteiger partial charge in [-0.2, -0.15) is 0 Å². The maximum absolute atomic E-state index is 13.1. The van der Waals surface area contributed by atoms with Crippen LogP contribution in [0.2, 0.25) is 0 Å². The summed E-state index contributed by atoms with van der Waals surface area (Å²) in [6, 6.07) is 10.8. The predicted molar refractivity (Wildman–Crippen MR) is 78.7 cm³/mol. The summed E-state index contributed by atoms with van der Waals surface area (Å²) in [5, 5.41) is 11.6. The van der Waals surface area contributed by atoms with Gasteiger partial charge in [-0.25, -0.2) is 4.39 Å². The third-order valence-corrected chi connectivity index (χ3v) is 2.76. The van der Waals surface area contributed by atoms with E-state index in [1.807, 2.05) is 12.1 Å². The van der Waals surface area contributed by atoms with Crippen molar-refractivity contribution in [1.82, 2.24) is 0 Å². The highest BCUT2D eigenvalue weighted by Crippen LogP contribution is 2.19. The Morgan fingerprint density at radius 1 is 1.24 bits per heavy atom. The molecular weight excluding hydrogens is 273 g/mol. The van der Waals surface area contributed by atoms with E-state index in [4.69, 9.17) is 9.84 Å². The minimum absolute atomic E-state index is 0.273. The highest BCUT2D eigenvalue weighted by Gasteiger charge is 2.03. The molecule has 108 valence electrons. The second-order valence-corrected chi connectivity index (χ2v) is 4.26. The Morgan fingerprint density at radius 3 is 2.57 bits per heavy atom. The SMILES string of the molecule is COc1ccc(C=CC(=O)Nc2ccc(O)c(F)c2)cc1. The zero-order valence-corrected chi connectivity index (χ0v) is 11.3. The van der Waals surface area contributed by atoms with Crippen LogP contribution in [0.15, 0.2) is 48.5 Å². The Labute approximate surface area is 121 Å². The van der Waals surface area contributed by atoms with Crippen molar-refractivity contribution in [3.8, 4) is 11.5 Å². The van der Waals surface area contributed by atoms with Gasteiger partial charge in [0.1, 0.15) is 5.75 Å². The van der Waals surface area contributed by atoms with E-state index in [0.29, 0.717) is 0 Å². The molecule has 21 heavy (non-hydrogen) atoms.